The zero-order valence-electron chi connectivity index (χ0n) is 18.6. The van der Waals surface area contributed by atoms with Crippen LogP contribution >= 0.6 is 0 Å². The van der Waals surface area contributed by atoms with Crippen LogP contribution in [0.2, 0.25) is 0 Å². The van der Waals surface area contributed by atoms with E-state index < -0.39 is 6.09 Å². The number of rotatable bonds is 5. The van der Waals surface area contributed by atoms with Crippen molar-refractivity contribution in [2.24, 2.45) is 11.8 Å². The molecular formula is C25H29N3O4. The maximum Gasteiger partial charge on any atom is 0.407 e. The molecule has 168 valence electrons. The molecule has 3 atom stereocenters. The third kappa shape index (κ3) is 4.33. The minimum atomic E-state index is -0.521. The Balaban J connectivity index is 1.65. The molecule has 32 heavy (non-hydrogen) atoms. The summed E-state index contributed by atoms with van der Waals surface area (Å²) in [5.41, 5.74) is 2.88. The fourth-order valence-electron chi connectivity index (χ4n) is 4.74. The van der Waals surface area contributed by atoms with E-state index in [4.69, 9.17) is 4.74 Å². The summed E-state index contributed by atoms with van der Waals surface area (Å²) in [6.45, 7) is 3.79. The number of hydrogen-bond acceptors (Lipinski definition) is 4. The molecule has 7 heteroatoms. The van der Waals surface area contributed by atoms with E-state index in [1.807, 2.05) is 41.3 Å². The predicted octanol–water partition coefficient (Wildman–Crippen LogP) is 3.79. The minimum Gasteiger partial charge on any atom is -0.445 e. The average molecular weight is 436 g/mol. The topological polar surface area (TPSA) is 87.7 Å². The summed E-state index contributed by atoms with van der Waals surface area (Å²) >= 11 is 0. The summed E-state index contributed by atoms with van der Waals surface area (Å²) in [5, 5.41) is 5.65. The van der Waals surface area contributed by atoms with Gasteiger partial charge in [-0.2, -0.15) is 0 Å². The van der Waals surface area contributed by atoms with Crippen molar-refractivity contribution in [2.75, 3.05) is 11.9 Å². The van der Waals surface area contributed by atoms with Crippen molar-refractivity contribution >= 4 is 23.6 Å². The summed E-state index contributed by atoms with van der Waals surface area (Å²) in [6, 6.07) is 14.4. The fourth-order valence-corrected chi connectivity index (χ4v) is 4.74. The number of benzene rings is 2. The van der Waals surface area contributed by atoms with Crippen molar-refractivity contribution in [1.82, 2.24) is 10.6 Å². The highest BCUT2D eigenvalue weighted by Gasteiger charge is 2.48. The molecule has 0 saturated heterocycles. The lowest BCUT2D eigenvalue weighted by molar-refractivity contribution is -0.117. The van der Waals surface area contributed by atoms with Crippen molar-refractivity contribution in [1.29, 1.82) is 0 Å². The summed E-state index contributed by atoms with van der Waals surface area (Å²) in [4.78, 5) is 39.5. The van der Waals surface area contributed by atoms with Crippen molar-refractivity contribution in [3.63, 3.8) is 0 Å². The molecule has 2 aromatic rings. The van der Waals surface area contributed by atoms with Crippen LogP contribution in [-0.2, 0) is 16.1 Å². The number of hydrogen-bond donors (Lipinski definition) is 2. The zero-order chi connectivity index (χ0) is 22.8. The lowest BCUT2D eigenvalue weighted by Gasteiger charge is -2.45. The molecular weight excluding hydrogens is 406 g/mol. The van der Waals surface area contributed by atoms with E-state index in [1.165, 1.54) is 0 Å². The Labute approximate surface area is 188 Å². The fraction of sp³-hybridized carbons (Fsp3) is 0.400. The SMILES string of the molecule is CNC(=O)c1ccc2c(c1)C(NC(=O)OCc1ccccc1)[C@@H](C)[C@H](C1CC1)N2C(C)=O. The van der Waals surface area contributed by atoms with Crippen LogP contribution in [0, 0.1) is 11.8 Å². The maximum atomic E-state index is 12.7. The van der Waals surface area contributed by atoms with Gasteiger partial charge in [0.2, 0.25) is 5.91 Å². The van der Waals surface area contributed by atoms with E-state index in [-0.39, 0.29) is 36.4 Å². The Kier molecular flexibility index (Phi) is 6.17. The zero-order valence-corrected chi connectivity index (χ0v) is 18.6. The quantitative estimate of drug-likeness (QED) is 0.748. The molecule has 2 N–H and O–H groups in total. The molecule has 1 aliphatic carbocycles. The van der Waals surface area contributed by atoms with Gasteiger partial charge in [-0.05, 0) is 48.1 Å². The smallest absolute Gasteiger partial charge is 0.407 e. The molecule has 0 radical (unpaired) electrons. The number of anilines is 1. The molecule has 0 bridgehead atoms. The van der Waals surface area contributed by atoms with Crippen LogP contribution in [0.5, 0.6) is 0 Å². The molecule has 4 rings (SSSR count). The number of alkyl carbamates (subject to hydrolysis) is 1. The van der Waals surface area contributed by atoms with E-state index >= 15 is 0 Å². The van der Waals surface area contributed by atoms with Gasteiger partial charge >= 0.3 is 6.09 Å². The van der Waals surface area contributed by atoms with Gasteiger partial charge in [0.15, 0.2) is 0 Å². The molecule has 2 aromatic carbocycles. The molecule has 1 unspecified atom stereocenters. The second kappa shape index (κ2) is 9.02. The normalized spacial score (nSPS) is 22.0. The highest BCUT2D eigenvalue weighted by atomic mass is 16.5. The second-order valence-electron chi connectivity index (χ2n) is 8.61. The molecule has 2 aliphatic rings. The van der Waals surface area contributed by atoms with E-state index in [2.05, 4.69) is 17.6 Å². The second-order valence-corrected chi connectivity index (χ2v) is 8.61. The highest BCUT2D eigenvalue weighted by molar-refractivity contribution is 5.98. The largest absolute Gasteiger partial charge is 0.445 e. The van der Waals surface area contributed by atoms with Crippen LogP contribution in [0.4, 0.5) is 10.5 Å². The molecule has 0 aromatic heterocycles. The molecule has 7 nitrogen and oxygen atoms in total. The van der Waals surface area contributed by atoms with E-state index in [1.54, 1.807) is 26.1 Å². The summed E-state index contributed by atoms with van der Waals surface area (Å²) < 4.78 is 5.47. The summed E-state index contributed by atoms with van der Waals surface area (Å²) in [6.07, 6.45) is 1.61. The van der Waals surface area contributed by atoms with Gasteiger partial charge < -0.3 is 20.3 Å². The number of carbonyl (C=O) groups excluding carboxylic acids is 3. The summed E-state index contributed by atoms with van der Waals surface area (Å²) in [7, 11) is 1.58. The van der Waals surface area contributed by atoms with Crippen molar-refractivity contribution < 1.29 is 19.1 Å². The lowest BCUT2D eigenvalue weighted by atomic mass is 9.79. The Bertz CT molecular complexity index is 1020. The standard InChI is InChI=1S/C25H29N3O4/c1-15-22(27-25(31)32-14-17-7-5-4-6-8-17)20-13-19(24(30)26-3)11-12-21(20)28(16(2)29)23(15)18-9-10-18/h4-8,11-13,15,18,22-23H,9-10,14H2,1-3H3,(H,26,30)(H,27,31)/t15-,22?,23-/m1/s1. The number of nitrogens with zero attached hydrogens (tertiary/aromatic N) is 1. The van der Waals surface area contributed by atoms with E-state index in [0.29, 0.717) is 11.5 Å². The number of fused-ring (bicyclic) bond motifs is 1. The monoisotopic (exact) mass is 435 g/mol. The van der Waals surface area contributed by atoms with Gasteiger partial charge in [0.05, 0.1) is 6.04 Å². The molecule has 3 amide bonds. The van der Waals surface area contributed by atoms with E-state index in [9.17, 15) is 14.4 Å². The first kappa shape index (κ1) is 21.9. The molecule has 1 aliphatic heterocycles. The van der Waals surface area contributed by atoms with Gasteiger partial charge in [-0.3, -0.25) is 9.59 Å². The Morgan fingerprint density at radius 1 is 1.09 bits per heavy atom. The van der Waals surface area contributed by atoms with Crippen LogP contribution in [0.1, 0.15) is 54.2 Å². The van der Waals surface area contributed by atoms with Crippen molar-refractivity contribution in [3.05, 3.63) is 65.2 Å². The third-order valence-electron chi connectivity index (χ3n) is 6.40. The van der Waals surface area contributed by atoms with Crippen LogP contribution in [-0.4, -0.2) is 31.0 Å². The van der Waals surface area contributed by atoms with Gasteiger partial charge in [-0.1, -0.05) is 37.3 Å². The first-order valence-electron chi connectivity index (χ1n) is 11.0. The summed E-state index contributed by atoms with van der Waals surface area (Å²) in [5.74, 6) is 0.116. The lowest BCUT2D eigenvalue weighted by Crippen LogP contribution is -2.53. The average Bonchev–Trinajstić information content (AvgIpc) is 3.64. The van der Waals surface area contributed by atoms with Gasteiger partial charge in [-0.25, -0.2) is 4.79 Å². The number of carbonyl (C=O) groups is 3. The van der Waals surface area contributed by atoms with Gasteiger partial charge in [-0.15, -0.1) is 0 Å². The number of nitrogens with one attached hydrogen (secondary N) is 2. The Hall–Kier alpha value is -3.35. The Morgan fingerprint density at radius 3 is 2.44 bits per heavy atom. The van der Waals surface area contributed by atoms with Gasteiger partial charge in [0.25, 0.3) is 5.91 Å². The van der Waals surface area contributed by atoms with Gasteiger partial charge in [0, 0.05) is 37.2 Å². The Morgan fingerprint density at radius 2 is 1.81 bits per heavy atom. The van der Waals surface area contributed by atoms with Crippen LogP contribution in [0.15, 0.2) is 48.5 Å². The molecule has 1 saturated carbocycles. The van der Waals surface area contributed by atoms with E-state index in [0.717, 1.165) is 29.7 Å². The maximum absolute atomic E-state index is 12.7. The van der Waals surface area contributed by atoms with Crippen molar-refractivity contribution in [3.8, 4) is 0 Å². The highest BCUT2D eigenvalue weighted by Crippen LogP contribution is 2.49. The van der Waals surface area contributed by atoms with Crippen molar-refractivity contribution in [2.45, 2.75) is 45.4 Å². The predicted molar refractivity (Wildman–Crippen MR) is 121 cm³/mol. The van der Waals surface area contributed by atoms with Gasteiger partial charge in [0.1, 0.15) is 6.61 Å². The minimum absolute atomic E-state index is 0.00900. The van der Waals surface area contributed by atoms with Crippen LogP contribution < -0.4 is 15.5 Å². The first-order valence-corrected chi connectivity index (χ1v) is 11.0. The number of amides is 3. The number of ether oxygens (including phenoxy) is 1. The molecule has 1 fully saturated rings. The van der Waals surface area contributed by atoms with Crippen LogP contribution in [0.25, 0.3) is 0 Å². The van der Waals surface area contributed by atoms with Crippen LogP contribution in [0.3, 0.4) is 0 Å². The first-order chi connectivity index (χ1) is 15.4. The third-order valence-corrected chi connectivity index (χ3v) is 6.40. The molecule has 0 spiro atoms. The molecule has 1 heterocycles.